The predicted octanol–water partition coefficient (Wildman–Crippen LogP) is 3.91. The lowest BCUT2D eigenvalue weighted by Crippen LogP contribution is -2.17. The maximum Gasteiger partial charge on any atom is 0.243 e. The summed E-state index contributed by atoms with van der Waals surface area (Å²) in [5.74, 6) is 5.87. The molecular weight excluding hydrogens is 346 g/mol. The monoisotopic (exact) mass is 369 g/mol. The van der Waals surface area contributed by atoms with Crippen molar-refractivity contribution in [3.05, 3.63) is 65.2 Å². The van der Waals surface area contributed by atoms with Crippen molar-refractivity contribution < 1.29 is 15.1 Å². The molecule has 1 amide bonds. The third kappa shape index (κ3) is 6.57. The largest absolute Gasteiger partial charge is 0.388 e. The molecule has 3 N–H and O–H groups in total. The number of unbranched alkanes of at least 4 members (excludes halogenated alkanes) is 1. The Morgan fingerprint density at radius 1 is 1.04 bits per heavy atom. The number of rotatable bonds is 7. The molecule has 0 aromatic heterocycles. The Labute approximate surface area is 158 Å². The Morgan fingerprint density at radius 3 is 2.15 bits per heavy atom. The number of aliphatic hydroxyl groups excluding tert-OH is 1. The minimum Gasteiger partial charge on any atom is -0.388 e. The molecule has 5 heteroatoms. The first-order valence-corrected chi connectivity index (χ1v) is 9.72. The zero-order chi connectivity index (χ0) is 18.8. The highest BCUT2D eigenvalue weighted by Crippen LogP contribution is 2.20. The van der Waals surface area contributed by atoms with E-state index >= 15 is 0 Å². The summed E-state index contributed by atoms with van der Waals surface area (Å²) in [6, 6.07) is 15.7. The summed E-state index contributed by atoms with van der Waals surface area (Å²) in [6.07, 6.45) is 3.65. The molecule has 2 aromatic carbocycles. The second-order valence-corrected chi connectivity index (χ2v) is 6.78. The van der Waals surface area contributed by atoms with Crippen LogP contribution in [0.1, 0.15) is 48.5 Å². The van der Waals surface area contributed by atoms with Gasteiger partial charge in [0.15, 0.2) is 0 Å². The van der Waals surface area contributed by atoms with Gasteiger partial charge in [-0.3, -0.25) is 10.0 Å². The van der Waals surface area contributed by atoms with Crippen LogP contribution in [-0.2, 0) is 4.79 Å². The summed E-state index contributed by atoms with van der Waals surface area (Å²) in [6.45, 7) is 0. The SMILES string of the molecule is CSc1ccc(C#Cc2ccc([C@@H](O)CCCCC(=O)NO)cc2)cc1. The molecule has 26 heavy (non-hydrogen) atoms. The molecule has 1 atom stereocenters. The molecule has 0 radical (unpaired) electrons. The number of hydroxylamine groups is 1. The molecule has 0 aliphatic rings. The first-order chi connectivity index (χ1) is 12.6. The molecule has 2 rings (SSSR count). The molecule has 0 bridgehead atoms. The summed E-state index contributed by atoms with van der Waals surface area (Å²) >= 11 is 1.70. The van der Waals surface area contributed by atoms with Gasteiger partial charge in [-0.1, -0.05) is 30.4 Å². The van der Waals surface area contributed by atoms with Crippen LogP contribution in [0.2, 0.25) is 0 Å². The van der Waals surface area contributed by atoms with Gasteiger partial charge >= 0.3 is 0 Å². The van der Waals surface area contributed by atoms with E-state index in [-0.39, 0.29) is 6.42 Å². The van der Waals surface area contributed by atoms with Gasteiger partial charge in [0.05, 0.1) is 6.10 Å². The normalized spacial score (nSPS) is 11.3. The number of amides is 1. The number of aliphatic hydroxyl groups is 1. The molecule has 0 spiro atoms. The fourth-order valence-electron chi connectivity index (χ4n) is 2.45. The lowest BCUT2D eigenvalue weighted by molar-refractivity contribution is -0.129. The second-order valence-electron chi connectivity index (χ2n) is 5.90. The van der Waals surface area contributed by atoms with E-state index in [4.69, 9.17) is 5.21 Å². The molecule has 0 aliphatic carbocycles. The number of nitrogens with one attached hydrogen (secondary N) is 1. The van der Waals surface area contributed by atoms with Crippen molar-refractivity contribution in [1.29, 1.82) is 0 Å². The highest BCUT2D eigenvalue weighted by Gasteiger charge is 2.07. The van der Waals surface area contributed by atoms with Crippen LogP contribution in [-0.4, -0.2) is 22.5 Å². The molecule has 136 valence electrons. The van der Waals surface area contributed by atoms with E-state index in [0.29, 0.717) is 19.3 Å². The zero-order valence-corrected chi connectivity index (χ0v) is 15.6. The van der Waals surface area contributed by atoms with Crippen LogP contribution >= 0.6 is 11.8 Å². The summed E-state index contributed by atoms with van der Waals surface area (Å²) in [5.41, 5.74) is 4.31. The van der Waals surface area contributed by atoms with Gasteiger partial charge in [-0.2, -0.15) is 0 Å². The van der Waals surface area contributed by atoms with Crippen molar-refractivity contribution in [3.8, 4) is 11.8 Å². The van der Waals surface area contributed by atoms with Gasteiger partial charge in [-0.05, 0) is 61.1 Å². The molecule has 0 unspecified atom stereocenters. The molecule has 0 saturated carbocycles. The number of carbonyl (C=O) groups excluding carboxylic acids is 1. The van der Waals surface area contributed by atoms with Crippen LogP contribution < -0.4 is 5.48 Å². The number of thioether (sulfide) groups is 1. The smallest absolute Gasteiger partial charge is 0.243 e. The van der Waals surface area contributed by atoms with Crippen LogP contribution in [0.3, 0.4) is 0 Å². The Bertz CT molecular complexity index is 761. The topological polar surface area (TPSA) is 69.6 Å². The molecule has 2 aromatic rings. The second kappa shape index (κ2) is 10.7. The van der Waals surface area contributed by atoms with E-state index < -0.39 is 12.0 Å². The standard InChI is InChI=1S/C21H23NO3S/c1-26-19-14-10-17(11-15-19)7-6-16-8-12-18(13-9-16)20(23)4-2-3-5-21(24)22-25/h8-15,20,23,25H,2-5H2,1H3,(H,22,24)/t20-/m0/s1. The minimum atomic E-state index is -0.562. The predicted molar refractivity (Wildman–Crippen MR) is 104 cm³/mol. The van der Waals surface area contributed by atoms with Crippen LogP contribution in [0.15, 0.2) is 53.4 Å². The van der Waals surface area contributed by atoms with Crippen LogP contribution in [0.4, 0.5) is 0 Å². The van der Waals surface area contributed by atoms with Gasteiger partial charge in [0.25, 0.3) is 0 Å². The van der Waals surface area contributed by atoms with Gasteiger partial charge in [-0.25, -0.2) is 5.48 Å². The average molecular weight is 369 g/mol. The summed E-state index contributed by atoms with van der Waals surface area (Å²) in [7, 11) is 0. The van der Waals surface area contributed by atoms with E-state index in [1.54, 1.807) is 17.2 Å². The molecular formula is C21H23NO3S. The Balaban J connectivity index is 1.87. The third-order valence-electron chi connectivity index (χ3n) is 3.99. The first-order valence-electron chi connectivity index (χ1n) is 8.49. The van der Waals surface area contributed by atoms with Crippen molar-refractivity contribution in [2.75, 3.05) is 6.26 Å². The van der Waals surface area contributed by atoms with E-state index in [1.807, 2.05) is 42.7 Å². The maximum atomic E-state index is 10.9. The number of benzene rings is 2. The van der Waals surface area contributed by atoms with Crippen molar-refractivity contribution in [2.24, 2.45) is 0 Å². The van der Waals surface area contributed by atoms with Crippen molar-refractivity contribution in [3.63, 3.8) is 0 Å². The van der Waals surface area contributed by atoms with E-state index in [9.17, 15) is 9.90 Å². The van der Waals surface area contributed by atoms with E-state index in [0.717, 1.165) is 16.7 Å². The van der Waals surface area contributed by atoms with Gasteiger partial charge in [-0.15, -0.1) is 11.8 Å². The third-order valence-corrected chi connectivity index (χ3v) is 4.74. The highest BCUT2D eigenvalue weighted by atomic mass is 32.2. The van der Waals surface area contributed by atoms with Crippen LogP contribution in [0, 0.1) is 11.8 Å². The zero-order valence-electron chi connectivity index (χ0n) is 14.7. The van der Waals surface area contributed by atoms with Gasteiger partial charge < -0.3 is 5.11 Å². The number of carbonyl (C=O) groups is 1. The molecule has 0 aliphatic heterocycles. The Kier molecular flexibility index (Phi) is 8.23. The van der Waals surface area contributed by atoms with Crippen LogP contribution in [0.5, 0.6) is 0 Å². The quantitative estimate of drug-likeness (QED) is 0.228. The Hall–Kier alpha value is -2.26. The fourth-order valence-corrected chi connectivity index (χ4v) is 2.86. The summed E-state index contributed by atoms with van der Waals surface area (Å²) in [5, 5.41) is 18.6. The lowest BCUT2D eigenvalue weighted by atomic mass is 10.0. The number of hydrogen-bond donors (Lipinski definition) is 3. The first kappa shape index (κ1) is 20.1. The van der Waals surface area contributed by atoms with Crippen molar-refractivity contribution in [1.82, 2.24) is 5.48 Å². The number of hydrogen-bond acceptors (Lipinski definition) is 4. The van der Waals surface area contributed by atoms with Crippen LogP contribution in [0.25, 0.3) is 0 Å². The fraction of sp³-hybridized carbons (Fsp3) is 0.286. The Morgan fingerprint density at radius 2 is 1.62 bits per heavy atom. The van der Waals surface area contributed by atoms with Gasteiger partial charge in [0, 0.05) is 22.4 Å². The van der Waals surface area contributed by atoms with Crippen molar-refractivity contribution in [2.45, 2.75) is 36.7 Å². The molecule has 0 saturated heterocycles. The van der Waals surface area contributed by atoms with E-state index in [2.05, 4.69) is 24.0 Å². The van der Waals surface area contributed by atoms with Gasteiger partial charge in [0.1, 0.15) is 0 Å². The minimum absolute atomic E-state index is 0.260. The maximum absolute atomic E-state index is 10.9. The van der Waals surface area contributed by atoms with E-state index in [1.165, 1.54) is 4.90 Å². The summed E-state index contributed by atoms with van der Waals surface area (Å²) in [4.78, 5) is 12.1. The van der Waals surface area contributed by atoms with Gasteiger partial charge in [0.2, 0.25) is 5.91 Å². The average Bonchev–Trinajstić information content (AvgIpc) is 2.70. The lowest BCUT2D eigenvalue weighted by Gasteiger charge is -2.10. The molecule has 4 nitrogen and oxygen atoms in total. The molecule has 0 fully saturated rings. The molecule has 0 heterocycles. The van der Waals surface area contributed by atoms with Crippen molar-refractivity contribution >= 4 is 17.7 Å². The highest BCUT2D eigenvalue weighted by molar-refractivity contribution is 7.98. The summed E-state index contributed by atoms with van der Waals surface area (Å²) < 4.78 is 0.